The molecule has 0 bridgehead atoms. The Morgan fingerprint density at radius 1 is 1.00 bits per heavy atom. The van der Waals surface area contributed by atoms with Crippen LogP contribution in [0.1, 0.15) is 5.56 Å². The molecular weight excluding hydrogens is 402 g/mol. The molecule has 0 amide bonds. The Kier molecular flexibility index (Phi) is 6.42. The summed E-state index contributed by atoms with van der Waals surface area (Å²) in [4.78, 5) is 11.4. The van der Waals surface area contributed by atoms with E-state index in [1.807, 2.05) is 50.5 Å². The highest BCUT2D eigenvalue weighted by atomic mass is 79.9. The highest BCUT2D eigenvalue weighted by Gasteiger charge is 2.08. The van der Waals surface area contributed by atoms with Gasteiger partial charge >= 0.3 is 0 Å². The maximum absolute atomic E-state index is 4.69. The minimum atomic E-state index is 0.620. The molecule has 0 radical (unpaired) electrons. The monoisotopic (exact) mass is 425 g/mol. The van der Waals surface area contributed by atoms with Gasteiger partial charge in [-0.15, -0.1) is 0 Å². The number of halogens is 1. The van der Waals surface area contributed by atoms with Crippen LogP contribution < -0.4 is 10.6 Å². The van der Waals surface area contributed by atoms with Gasteiger partial charge in [-0.05, 0) is 44.8 Å². The van der Waals surface area contributed by atoms with Crippen molar-refractivity contribution in [1.29, 1.82) is 0 Å². The van der Waals surface area contributed by atoms with Crippen molar-refractivity contribution in [2.45, 2.75) is 6.92 Å². The zero-order valence-corrected chi connectivity index (χ0v) is 17.4. The number of hydrogen-bond acceptors (Lipinski definition) is 5. The SMILES string of the molecule is Cc1cc(Nc2cc(-c3ccccc3)nc(NCCN(C)C)n2)ccc1Br. The van der Waals surface area contributed by atoms with Crippen LogP contribution in [0.5, 0.6) is 0 Å². The van der Waals surface area contributed by atoms with E-state index in [2.05, 4.69) is 66.6 Å². The fraction of sp³-hybridized carbons (Fsp3) is 0.238. The number of likely N-dealkylation sites (N-methyl/N-ethyl adjacent to an activating group) is 1. The summed E-state index contributed by atoms with van der Waals surface area (Å²) in [6.45, 7) is 3.76. The zero-order valence-electron chi connectivity index (χ0n) is 15.8. The molecule has 140 valence electrons. The fourth-order valence-electron chi connectivity index (χ4n) is 2.61. The van der Waals surface area contributed by atoms with Crippen LogP contribution in [0, 0.1) is 6.92 Å². The highest BCUT2D eigenvalue weighted by molar-refractivity contribution is 9.10. The lowest BCUT2D eigenvalue weighted by Gasteiger charge is -2.14. The third-order valence-corrected chi connectivity index (χ3v) is 4.96. The Hall–Kier alpha value is -2.44. The van der Waals surface area contributed by atoms with Crippen molar-refractivity contribution < 1.29 is 0 Å². The van der Waals surface area contributed by atoms with Crippen LogP contribution in [0.15, 0.2) is 59.1 Å². The highest BCUT2D eigenvalue weighted by Crippen LogP contribution is 2.25. The Labute approximate surface area is 169 Å². The van der Waals surface area contributed by atoms with Crippen LogP contribution >= 0.6 is 15.9 Å². The topological polar surface area (TPSA) is 53.1 Å². The van der Waals surface area contributed by atoms with Crippen LogP contribution in [0.4, 0.5) is 17.5 Å². The molecular formula is C21H24BrN5. The lowest BCUT2D eigenvalue weighted by Crippen LogP contribution is -2.21. The normalized spacial score (nSPS) is 10.9. The van der Waals surface area contributed by atoms with Crippen molar-refractivity contribution in [2.24, 2.45) is 0 Å². The molecule has 0 aliphatic heterocycles. The first kappa shape index (κ1) is 19.3. The molecule has 0 fully saturated rings. The van der Waals surface area contributed by atoms with E-state index in [4.69, 9.17) is 0 Å². The van der Waals surface area contributed by atoms with Gasteiger partial charge in [0.25, 0.3) is 0 Å². The van der Waals surface area contributed by atoms with Gasteiger partial charge in [0.05, 0.1) is 5.69 Å². The van der Waals surface area contributed by atoms with Crippen LogP contribution in [0.25, 0.3) is 11.3 Å². The molecule has 0 saturated carbocycles. The Balaban J connectivity index is 1.90. The molecule has 0 spiro atoms. The van der Waals surface area contributed by atoms with E-state index in [1.165, 1.54) is 5.56 Å². The second-order valence-electron chi connectivity index (χ2n) is 6.65. The van der Waals surface area contributed by atoms with Gasteiger partial charge < -0.3 is 15.5 Å². The van der Waals surface area contributed by atoms with Crippen LogP contribution in [0.3, 0.4) is 0 Å². The van der Waals surface area contributed by atoms with Gasteiger partial charge in [0.1, 0.15) is 5.82 Å². The summed E-state index contributed by atoms with van der Waals surface area (Å²) in [5.74, 6) is 1.38. The first-order chi connectivity index (χ1) is 13.0. The second kappa shape index (κ2) is 8.97. The summed E-state index contributed by atoms with van der Waals surface area (Å²) in [6, 6.07) is 18.3. The lowest BCUT2D eigenvalue weighted by molar-refractivity contribution is 0.425. The Morgan fingerprint density at radius 3 is 2.48 bits per heavy atom. The minimum Gasteiger partial charge on any atom is -0.353 e. The molecule has 27 heavy (non-hydrogen) atoms. The van der Waals surface area contributed by atoms with E-state index < -0.39 is 0 Å². The van der Waals surface area contributed by atoms with E-state index in [1.54, 1.807) is 0 Å². The van der Waals surface area contributed by atoms with E-state index >= 15 is 0 Å². The van der Waals surface area contributed by atoms with E-state index in [0.29, 0.717) is 5.95 Å². The molecule has 5 nitrogen and oxygen atoms in total. The number of aromatic nitrogens is 2. The smallest absolute Gasteiger partial charge is 0.225 e. The van der Waals surface area contributed by atoms with Crippen molar-refractivity contribution in [1.82, 2.24) is 14.9 Å². The van der Waals surface area contributed by atoms with Gasteiger partial charge in [0.15, 0.2) is 0 Å². The summed E-state index contributed by atoms with van der Waals surface area (Å²) in [5, 5.41) is 6.72. The summed E-state index contributed by atoms with van der Waals surface area (Å²) in [6.07, 6.45) is 0. The van der Waals surface area contributed by atoms with Crippen LogP contribution in [-0.2, 0) is 0 Å². The van der Waals surface area contributed by atoms with Crippen molar-refractivity contribution in [3.63, 3.8) is 0 Å². The average molecular weight is 426 g/mol. The second-order valence-corrected chi connectivity index (χ2v) is 7.50. The Morgan fingerprint density at radius 2 is 1.78 bits per heavy atom. The number of rotatable bonds is 7. The van der Waals surface area contributed by atoms with Crippen molar-refractivity contribution in [2.75, 3.05) is 37.8 Å². The standard InChI is InChI=1S/C21H24BrN5/c1-15-13-17(9-10-18(15)22)24-20-14-19(16-7-5-4-6-8-16)25-21(26-20)23-11-12-27(2)3/h4-10,13-14H,11-12H2,1-3H3,(H2,23,24,25,26). The predicted octanol–water partition coefficient (Wildman–Crippen LogP) is 4.93. The number of nitrogens with zero attached hydrogens (tertiary/aromatic N) is 3. The quantitative estimate of drug-likeness (QED) is 0.561. The predicted molar refractivity (Wildman–Crippen MR) is 117 cm³/mol. The molecule has 6 heteroatoms. The minimum absolute atomic E-state index is 0.620. The summed E-state index contributed by atoms with van der Waals surface area (Å²) in [5.41, 5.74) is 4.11. The molecule has 0 atom stereocenters. The molecule has 1 heterocycles. The number of anilines is 3. The Bertz CT molecular complexity index is 896. The lowest BCUT2D eigenvalue weighted by atomic mass is 10.1. The van der Waals surface area contributed by atoms with Gasteiger partial charge in [0, 0.05) is 34.9 Å². The number of benzene rings is 2. The molecule has 2 N–H and O–H groups in total. The first-order valence-corrected chi connectivity index (χ1v) is 9.67. The molecule has 0 aliphatic carbocycles. The van der Waals surface area contributed by atoms with Crippen molar-refractivity contribution >= 4 is 33.4 Å². The van der Waals surface area contributed by atoms with Gasteiger partial charge in [-0.25, -0.2) is 4.98 Å². The molecule has 3 aromatic rings. The maximum atomic E-state index is 4.69. The molecule has 3 rings (SSSR count). The van der Waals surface area contributed by atoms with E-state index in [-0.39, 0.29) is 0 Å². The third-order valence-electron chi connectivity index (χ3n) is 4.07. The molecule has 2 aromatic carbocycles. The fourth-order valence-corrected chi connectivity index (χ4v) is 2.86. The molecule has 0 saturated heterocycles. The third kappa shape index (κ3) is 5.52. The van der Waals surface area contributed by atoms with Gasteiger partial charge in [-0.3, -0.25) is 0 Å². The molecule has 1 aromatic heterocycles. The van der Waals surface area contributed by atoms with Gasteiger partial charge in [-0.2, -0.15) is 4.98 Å². The zero-order chi connectivity index (χ0) is 19.2. The average Bonchev–Trinajstić information content (AvgIpc) is 2.65. The first-order valence-electron chi connectivity index (χ1n) is 8.87. The largest absolute Gasteiger partial charge is 0.353 e. The number of hydrogen-bond donors (Lipinski definition) is 2. The van der Waals surface area contributed by atoms with Crippen LogP contribution in [0.2, 0.25) is 0 Å². The van der Waals surface area contributed by atoms with Crippen molar-refractivity contribution in [3.8, 4) is 11.3 Å². The number of nitrogens with one attached hydrogen (secondary N) is 2. The molecule has 0 aliphatic rings. The summed E-state index contributed by atoms with van der Waals surface area (Å²) < 4.78 is 1.09. The molecule has 0 unspecified atom stereocenters. The van der Waals surface area contributed by atoms with Gasteiger partial charge in [-0.1, -0.05) is 46.3 Å². The van der Waals surface area contributed by atoms with Gasteiger partial charge in [0.2, 0.25) is 5.95 Å². The summed E-state index contributed by atoms with van der Waals surface area (Å²) in [7, 11) is 4.09. The van der Waals surface area contributed by atoms with Crippen LogP contribution in [-0.4, -0.2) is 42.1 Å². The van der Waals surface area contributed by atoms with Crippen molar-refractivity contribution in [3.05, 3.63) is 64.6 Å². The number of aryl methyl sites for hydroxylation is 1. The summed E-state index contributed by atoms with van der Waals surface area (Å²) >= 11 is 3.54. The van der Waals surface area contributed by atoms with E-state index in [9.17, 15) is 0 Å². The maximum Gasteiger partial charge on any atom is 0.225 e. The van der Waals surface area contributed by atoms with E-state index in [0.717, 1.165) is 40.3 Å².